The van der Waals surface area contributed by atoms with Gasteiger partial charge in [0.15, 0.2) is 5.15 Å². The van der Waals surface area contributed by atoms with Crippen LogP contribution in [0.4, 0.5) is 0 Å². The number of aromatic nitrogens is 6. The van der Waals surface area contributed by atoms with E-state index in [4.69, 9.17) is 21.1 Å². The van der Waals surface area contributed by atoms with E-state index >= 15 is 0 Å². The Morgan fingerprint density at radius 1 is 0.891 bits per heavy atom. The molecule has 2 heterocycles. The molecule has 55 heavy (non-hydrogen) atoms. The molecule has 0 fully saturated rings. The fourth-order valence-electron chi connectivity index (χ4n) is 5.35. The second-order valence-electron chi connectivity index (χ2n) is 12.0. The van der Waals surface area contributed by atoms with Crippen molar-refractivity contribution in [3.63, 3.8) is 0 Å². The number of amides is 1. The number of hydrogen-bond acceptors (Lipinski definition) is 15. The van der Waals surface area contributed by atoms with Crippen LogP contribution in [0.3, 0.4) is 0 Å². The van der Waals surface area contributed by atoms with Crippen LogP contribution in [-0.4, -0.2) is 90.7 Å². The highest BCUT2D eigenvalue weighted by molar-refractivity contribution is 6.32. The highest BCUT2D eigenvalue weighted by Crippen LogP contribution is 2.30. The van der Waals surface area contributed by atoms with Crippen LogP contribution in [0.15, 0.2) is 48.5 Å². The van der Waals surface area contributed by atoms with Crippen LogP contribution in [0.25, 0.3) is 22.5 Å². The van der Waals surface area contributed by atoms with Gasteiger partial charge in [0.05, 0.1) is 32.8 Å². The van der Waals surface area contributed by atoms with Crippen molar-refractivity contribution in [2.45, 2.75) is 70.9 Å². The lowest BCUT2D eigenvalue weighted by Crippen LogP contribution is -2.44. The summed E-state index contributed by atoms with van der Waals surface area (Å²) in [5.41, 5.74) is 3.34. The summed E-state index contributed by atoms with van der Waals surface area (Å²) in [6.45, 7) is 1.52. The van der Waals surface area contributed by atoms with Crippen molar-refractivity contribution >= 4 is 29.4 Å². The molecule has 4 aromatic rings. The van der Waals surface area contributed by atoms with Crippen LogP contribution in [0, 0.1) is 20.2 Å². The molecule has 20 nitrogen and oxygen atoms in total. The molecule has 0 spiro atoms. The molecule has 0 aliphatic rings. The van der Waals surface area contributed by atoms with Crippen molar-refractivity contribution in [2.75, 3.05) is 26.4 Å². The molecule has 0 aliphatic carbocycles. The summed E-state index contributed by atoms with van der Waals surface area (Å²) >= 11 is 6.58. The van der Waals surface area contributed by atoms with Gasteiger partial charge in [0.2, 0.25) is 5.82 Å². The molecule has 0 radical (unpaired) electrons. The van der Waals surface area contributed by atoms with Crippen molar-refractivity contribution < 1.29 is 43.7 Å². The lowest BCUT2D eigenvalue weighted by atomic mass is 9.98. The molecular weight excluding hydrogens is 746 g/mol. The van der Waals surface area contributed by atoms with Gasteiger partial charge in [0.1, 0.15) is 17.6 Å². The molecule has 2 aromatic heterocycles. The Bertz CT molecular complexity index is 1890. The minimum Gasteiger partial charge on any atom is -0.466 e. The standard InChI is InChI=1S/C34H40ClN9O11/c1-2-3-12-28-37-31(35)30(42(28)22-23-13-15-24(16-14-23)25-10-4-5-11-26(25)32-38-40-41-39-32)33(46)36-27(34(47)53-18-7-9-20-55-44(50)51)21-29(45)52-17-6-8-19-54-43(48)49/h4-5,10-11,13-16,27H,2-3,6-9,12,17-22H2,1H3,(H,36,46)(H,38,39,40,41). The van der Waals surface area contributed by atoms with Crippen LogP contribution in [0.1, 0.15) is 73.7 Å². The largest absolute Gasteiger partial charge is 0.466 e. The fraction of sp³-hybridized carbons (Fsp3) is 0.441. The zero-order chi connectivity index (χ0) is 39.6. The third-order valence-electron chi connectivity index (χ3n) is 8.03. The molecule has 0 saturated carbocycles. The number of nitrogens with zero attached hydrogens (tertiary/aromatic N) is 7. The van der Waals surface area contributed by atoms with E-state index in [1.807, 2.05) is 55.5 Å². The van der Waals surface area contributed by atoms with E-state index in [1.165, 1.54) is 0 Å². The van der Waals surface area contributed by atoms with Crippen molar-refractivity contribution in [1.29, 1.82) is 0 Å². The topological polar surface area (TPSA) is 259 Å². The van der Waals surface area contributed by atoms with Gasteiger partial charge in [0, 0.05) is 18.5 Å². The van der Waals surface area contributed by atoms with E-state index in [1.54, 1.807) is 4.57 Å². The average Bonchev–Trinajstić information content (AvgIpc) is 3.81. The van der Waals surface area contributed by atoms with Crippen LogP contribution < -0.4 is 5.32 Å². The van der Waals surface area contributed by atoms with Gasteiger partial charge in [-0.2, -0.15) is 5.21 Å². The van der Waals surface area contributed by atoms with Crippen molar-refractivity contribution in [3.05, 3.63) is 91.0 Å². The Hall–Kier alpha value is -6.18. The lowest BCUT2D eigenvalue weighted by molar-refractivity contribution is -0.757. The first-order valence-corrected chi connectivity index (χ1v) is 17.8. The lowest BCUT2D eigenvalue weighted by Gasteiger charge is -2.19. The van der Waals surface area contributed by atoms with Crippen LogP contribution in [0.5, 0.6) is 0 Å². The molecule has 1 amide bonds. The maximum atomic E-state index is 13.9. The molecule has 2 N–H and O–H groups in total. The number of H-pyrrole nitrogens is 1. The van der Waals surface area contributed by atoms with Gasteiger partial charge in [-0.05, 0) is 54.0 Å². The second-order valence-corrected chi connectivity index (χ2v) is 12.3. The van der Waals surface area contributed by atoms with Gasteiger partial charge in [-0.15, -0.1) is 30.4 Å². The molecule has 294 valence electrons. The fourth-order valence-corrected chi connectivity index (χ4v) is 5.63. The summed E-state index contributed by atoms with van der Waals surface area (Å²) in [6.07, 6.45) is 2.38. The monoisotopic (exact) mass is 785 g/mol. The minimum absolute atomic E-state index is 0.0341. The van der Waals surface area contributed by atoms with Gasteiger partial charge >= 0.3 is 11.9 Å². The molecule has 1 atom stereocenters. The first-order valence-electron chi connectivity index (χ1n) is 17.4. The number of rotatable bonds is 24. The molecule has 21 heteroatoms. The zero-order valence-corrected chi connectivity index (χ0v) is 30.6. The predicted molar refractivity (Wildman–Crippen MR) is 192 cm³/mol. The smallest absolute Gasteiger partial charge is 0.329 e. The molecular formula is C34H40ClN9O11. The van der Waals surface area contributed by atoms with E-state index in [9.17, 15) is 34.6 Å². The number of benzene rings is 2. The molecule has 4 rings (SSSR count). The van der Waals surface area contributed by atoms with Gasteiger partial charge in [-0.1, -0.05) is 73.5 Å². The van der Waals surface area contributed by atoms with E-state index in [2.05, 4.69) is 40.6 Å². The first kappa shape index (κ1) is 41.6. The summed E-state index contributed by atoms with van der Waals surface area (Å²) in [5, 5.41) is 35.6. The predicted octanol–water partition coefficient (Wildman–Crippen LogP) is 4.33. The average molecular weight is 786 g/mol. The maximum Gasteiger partial charge on any atom is 0.329 e. The van der Waals surface area contributed by atoms with Crippen molar-refractivity contribution in [3.8, 4) is 22.5 Å². The molecule has 2 aromatic carbocycles. The number of carbonyl (C=O) groups excluding carboxylic acids is 3. The third-order valence-corrected chi connectivity index (χ3v) is 8.29. The molecule has 1 unspecified atom stereocenters. The third kappa shape index (κ3) is 13.0. The SMILES string of the molecule is CCCCc1nc(Cl)c(C(=O)NC(CC(=O)OCCCCO[N+](=O)[O-])C(=O)OCCCCO[N+](=O)[O-])n1Cc1ccc(-c2ccccc2-c2nn[nH]n2)cc1. The number of hydrogen-bond donors (Lipinski definition) is 2. The van der Waals surface area contributed by atoms with Gasteiger partial charge in [-0.3, -0.25) is 9.59 Å². The molecule has 0 aliphatic heterocycles. The number of imidazole rings is 1. The highest BCUT2D eigenvalue weighted by Gasteiger charge is 2.30. The normalized spacial score (nSPS) is 11.4. The number of tetrazole rings is 1. The van der Waals surface area contributed by atoms with E-state index in [0.29, 0.717) is 18.1 Å². The Morgan fingerprint density at radius 2 is 1.53 bits per heavy atom. The van der Waals surface area contributed by atoms with Gasteiger partial charge in [-0.25, -0.2) is 9.78 Å². The number of ether oxygens (including phenoxy) is 2. The van der Waals surface area contributed by atoms with Crippen molar-refractivity contribution in [2.24, 2.45) is 0 Å². The summed E-state index contributed by atoms with van der Waals surface area (Å²) in [5.74, 6) is -1.61. The van der Waals surface area contributed by atoms with E-state index < -0.39 is 40.5 Å². The zero-order valence-electron chi connectivity index (χ0n) is 29.9. The Kier molecular flexibility index (Phi) is 16.3. The Morgan fingerprint density at radius 3 is 2.15 bits per heavy atom. The second kappa shape index (κ2) is 21.5. The van der Waals surface area contributed by atoms with Crippen LogP contribution in [0.2, 0.25) is 5.15 Å². The summed E-state index contributed by atoms with van der Waals surface area (Å²) in [7, 11) is 0. The number of unbranched alkanes of at least 4 members (excludes halogenated alkanes) is 3. The summed E-state index contributed by atoms with van der Waals surface area (Å²) < 4.78 is 12.1. The maximum absolute atomic E-state index is 13.9. The number of esters is 2. The number of halogens is 1. The molecule has 0 saturated heterocycles. The Balaban J connectivity index is 1.52. The number of nitrogens with one attached hydrogen (secondary N) is 2. The Labute approximate surface area is 319 Å². The van der Waals surface area contributed by atoms with E-state index in [-0.39, 0.29) is 69.5 Å². The minimum atomic E-state index is -1.51. The number of aryl methyl sites for hydroxylation is 1. The van der Waals surface area contributed by atoms with Crippen LogP contribution >= 0.6 is 11.6 Å². The highest BCUT2D eigenvalue weighted by atomic mass is 35.5. The summed E-state index contributed by atoms with van der Waals surface area (Å²) in [4.78, 5) is 73.5. The van der Waals surface area contributed by atoms with E-state index in [0.717, 1.165) is 35.1 Å². The van der Waals surface area contributed by atoms with Gasteiger partial charge in [0.25, 0.3) is 16.1 Å². The van der Waals surface area contributed by atoms with Crippen molar-refractivity contribution in [1.82, 2.24) is 35.5 Å². The summed E-state index contributed by atoms with van der Waals surface area (Å²) in [6, 6.07) is 13.8. The molecule has 0 bridgehead atoms. The first-order chi connectivity index (χ1) is 26.6. The van der Waals surface area contributed by atoms with Gasteiger partial charge < -0.3 is 29.0 Å². The number of aromatic amines is 1. The number of carbonyl (C=O) groups is 3. The van der Waals surface area contributed by atoms with Crippen LogP contribution in [-0.2, 0) is 41.7 Å². The quantitative estimate of drug-likeness (QED) is 0.0434.